The summed E-state index contributed by atoms with van der Waals surface area (Å²) in [5.41, 5.74) is 7.88. The summed E-state index contributed by atoms with van der Waals surface area (Å²) in [6.45, 7) is 3.57. The second-order valence-corrected chi connectivity index (χ2v) is 6.98. The molecular weight excluding hydrogens is 342 g/mol. The quantitative estimate of drug-likeness (QED) is 0.332. The summed E-state index contributed by atoms with van der Waals surface area (Å²) in [5, 5.41) is 14.1. The minimum absolute atomic E-state index is 0.0407. The average Bonchev–Trinajstić information content (AvgIpc) is 3.22. The van der Waals surface area contributed by atoms with E-state index in [1.54, 1.807) is 0 Å². The van der Waals surface area contributed by atoms with Gasteiger partial charge in [0.1, 0.15) is 5.70 Å². The van der Waals surface area contributed by atoms with E-state index in [9.17, 15) is 4.79 Å². The SMILES string of the molecule is N=C/C(=C(/OC1CCCC1)C(=O)Nc1cccc(CN)c1)N1CCNCC1. The van der Waals surface area contributed by atoms with Gasteiger partial charge in [-0.05, 0) is 43.4 Å². The highest BCUT2D eigenvalue weighted by Gasteiger charge is 2.27. The fourth-order valence-electron chi connectivity index (χ4n) is 3.57. The Morgan fingerprint density at radius 3 is 2.74 bits per heavy atom. The lowest BCUT2D eigenvalue weighted by molar-refractivity contribution is -0.117. The normalized spacial score (nSPS) is 18.8. The number of anilines is 1. The smallest absolute Gasteiger partial charge is 0.293 e. The Hall–Kier alpha value is -2.38. The van der Waals surface area contributed by atoms with Crippen molar-refractivity contribution in [3.05, 3.63) is 41.3 Å². The third kappa shape index (κ3) is 5.08. The summed E-state index contributed by atoms with van der Waals surface area (Å²) in [7, 11) is 0. The number of amides is 1. The molecule has 3 rings (SSSR count). The van der Waals surface area contributed by atoms with Crippen LogP contribution in [0, 0.1) is 5.41 Å². The molecule has 0 spiro atoms. The zero-order valence-electron chi connectivity index (χ0n) is 15.7. The number of nitrogens with zero attached hydrogens (tertiary/aromatic N) is 1. The summed E-state index contributed by atoms with van der Waals surface area (Å²) < 4.78 is 6.14. The van der Waals surface area contributed by atoms with E-state index in [0.717, 1.165) is 57.4 Å². The lowest BCUT2D eigenvalue weighted by Gasteiger charge is -2.31. The molecule has 1 aromatic carbocycles. The molecule has 146 valence electrons. The van der Waals surface area contributed by atoms with Crippen LogP contribution in [0.1, 0.15) is 31.2 Å². The number of carbonyl (C=O) groups is 1. The van der Waals surface area contributed by atoms with Gasteiger partial charge in [-0.25, -0.2) is 0 Å². The predicted molar refractivity (Wildman–Crippen MR) is 107 cm³/mol. The van der Waals surface area contributed by atoms with Gasteiger partial charge in [0.05, 0.1) is 6.10 Å². The van der Waals surface area contributed by atoms with Crippen molar-refractivity contribution in [3.8, 4) is 0 Å². The molecule has 0 bridgehead atoms. The van der Waals surface area contributed by atoms with Crippen LogP contribution >= 0.6 is 0 Å². The molecule has 0 atom stereocenters. The van der Waals surface area contributed by atoms with Gasteiger partial charge in [-0.2, -0.15) is 0 Å². The van der Waals surface area contributed by atoms with Gasteiger partial charge in [-0.1, -0.05) is 12.1 Å². The van der Waals surface area contributed by atoms with Crippen LogP contribution in [0.3, 0.4) is 0 Å². The van der Waals surface area contributed by atoms with Crippen LogP contribution in [-0.2, 0) is 16.1 Å². The Kier molecular flexibility index (Phi) is 6.84. The highest BCUT2D eigenvalue weighted by molar-refractivity contribution is 6.05. The van der Waals surface area contributed by atoms with Crippen LogP contribution in [0.5, 0.6) is 0 Å². The molecular formula is C20H29N5O2. The van der Waals surface area contributed by atoms with Crippen LogP contribution in [-0.4, -0.2) is 49.3 Å². The number of hydrogen-bond acceptors (Lipinski definition) is 6. The first-order chi connectivity index (χ1) is 13.2. The Morgan fingerprint density at radius 1 is 1.33 bits per heavy atom. The Morgan fingerprint density at radius 2 is 2.07 bits per heavy atom. The zero-order chi connectivity index (χ0) is 19.1. The Labute approximate surface area is 160 Å². The maximum Gasteiger partial charge on any atom is 0.293 e. The second kappa shape index (κ2) is 9.53. The minimum Gasteiger partial charge on any atom is -0.483 e. The number of allylic oxidation sites excluding steroid dienone is 1. The van der Waals surface area contributed by atoms with Crippen LogP contribution in [0.2, 0.25) is 0 Å². The van der Waals surface area contributed by atoms with Crippen LogP contribution in [0.15, 0.2) is 35.7 Å². The molecule has 1 aromatic rings. The fourth-order valence-corrected chi connectivity index (χ4v) is 3.57. The molecule has 2 fully saturated rings. The number of carbonyl (C=O) groups excluding carboxylic acids is 1. The average molecular weight is 371 g/mol. The molecule has 7 heteroatoms. The molecule has 0 unspecified atom stereocenters. The first kappa shape index (κ1) is 19.4. The molecule has 1 amide bonds. The van der Waals surface area contributed by atoms with Gasteiger partial charge in [-0.3, -0.25) is 4.79 Å². The van der Waals surface area contributed by atoms with Crippen molar-refractivity contribution < 1.29 is 9.53 Å². The van der Waals surface area contributed by atoms with E-state index >= 15 is 0 Å². The molecule has 2 aliphatic rings. The molecule has 0 aromatic heterocycles. The number of hydrogen-bond donors (Lipinski definition) is 4. The van der Waals surface area contributed by atoms with Crippen LogP contribution < -0.4 is 16.4 Å². The van der Waals surface area contributed by atoms with E-state index < -0.39 is 0 Å². The standard InChI is InChI=1S/C20H29N5O2/c21-13-15-4-3-5-16(12-15)24-20(26)19(27-17-6-1-2-7-17)18(14-22)25-10-8-23-9-11-25/h3-5,12,14,17,22-23H,1-2,6-11,13,21H2,(H,24,26)/b19-18-,22-14?. The van der Waals surface area contributed by atoms with Crippen molar-refractivity contribution in [1.82, 2.24) is 10.2 Å². The van der Waals surface area contributed by atoms with E-state index in [1.807, 2.05) is 29.2 Å². The highest BCUT2D eigenvalue weighted by atomic mass is 16.5. The van der Waals surface area contributed by atoms with Gasteiger partial charge in [0.2, 0.25) is 5.76 Å². The topological polar surface area (TPSA) is 103 Å². The summed E-state index contributed by atoms with van der Waals surface area (Å²) in [4.78, 5) is 15.1. The van der Waals surface area contributed by atoms with Crippen molar-refractivity contribution in [3.63, 3.8) is 0 Å². The molecule has 0 radical (unpaired) electrons. The summed E-state index contributed by atoms with van der Waals surface area (Å²) in [5.74, 6) is -0.0648. The third-order valence-corrected chi connectivity index (χ3v) is 5.04. The van der Waals surface area contributed by atoms with Gasteiger partial charge in [0, 0.05) is 44.6 Å². The minimum atomic E-state index is -0.312. The lowest BCUT2D eigenvalue weighted by Crippen LogP contribution is -2.44. The highest BCUT2D eigenvalue weighted by Crippen LogP contribution is 2.26. The van der Waals surface area contributed by atoms with Gasteiger partial charge in [0.25, 0.3) is 5.91 Å². The maximum absolute atomic E-state index is 13.1. The van der Waals surface area contributed by atoms with Crippen molar-refractivity contribution in [1.29, 1.82) is 5.41 Å². The molecule has 7 nitrogen and oxygen atoms in total. The summed E-state index contributed by atoms with van der Waals surface area (Å²) >= 11 is 0. The first-order valence-corrected chi connectivity index (χ1v) is 9.68. The van der Waals surface area contributed by atoms with Crippen LogP contribution in [0.4, 0.5) is 5.69 Å². The van der Waals surface area contributed by atoms with Crippen molar-refractivity contribution in [2.75, 3.05) is 31.5 Å². The number of benzene rings is 1. The van der Waals surface area contributed by atoms with E-state index in [0.29, 0.717) is 17.9 Å². The predicted octanol–water partition coefficient (Wildman–Crippen LogP) is 1.81. The van der Waals surface area contributed by atoms with E-state index in [4.69, 9.17) is 15.9 Å². The molecule has 27 heavy (non-hydrogen) atoms. The molecule has 1 aliphatic heterocycles. The number of piperazine rings is 1. The van der Waals surface area contributed by atoms with E-state index in [1.165, 1.54) is 6.21 Å². The third-order valence-electron chi connectivity index (χ3n) is 5.04. The van der Waals surface area contributed by atoms with Crippen molar-refractivity contribution >= 4 is 17.8 Å². The number of nitrogens with two attached hydrogens (primary N) is 1. The number of ether oxygens (including phenoxy) is 1. The molecule has 1 saturated carbocycles. The monoisotopic (exact) mass is 371 g/mol. The van der Waals surface area contributed by atoms with E-state index in [2.05, 4.69) is 10.6 Å². The van der Waals surface area contributed by atoms with Crippen molar-refractivity contribution in [2.45, 2.75) is 38.3 Å². The fraction of sp³-hybridized carbons (Fsp3) is 0.500. The Bertz CT molecular complexity index is 691. The lowest BCUT2D eigenvalue weighted by atomic mass is 10.2. The van der Waals surface area contributed by atoms with Gasteiger partial charge in [-0.15, -0.1) is 0 Å². The van der Waals surface area contributed by atoms with Gasteiger partial charge >= 0.3 is 0 Å². The Balaban J connectivity index is 1.85. The summed E-state index contributed by atoms with van der Waals surface area (Å²) in [6.07, 6.45) is 5.42. The maximum atomic E-state index is 13.1. The van der Waals surface area contributed by atoms with Gasteiger partial charge in [0.15, 0.2) is 0 Å². The number of nitrogens with one attached hydrogen (secondary N) is 3. The number of rotatable bonds is 7. The summed E-state index contributed by atoms with van der Waals surface area (Å²) in [6, 6.07) is 7.48. The molecule has 1 saturated heterocycles. The largest absolute Gasteiger partial charge is 0.483 e. The van der Waals surface area contributed by atoms with Crippen molar-refractivity contribution in [2.24, 2.45) is 5.73 Å². The van der Waals surface area contributed by atoms with E-state index in [-0.39, 0.29) is 17.8 Å². The zero-order valence-corrected chi connectivity index (χ0v) is 15.7. The van der Waals surface area contributed by atoms with Crippen LogP contribution in [0.25, 0.3) is 0 Å². The van der Waals surface area contributed by atoms with Gasteiger partial charge < -0.3 is 31.4 Å². The second-order valence-electron chi connectivity index (χ2n) is 6.98. The first-order valence-electron chi connectivity index (χ1n) is 9.68. The molecule has 1 heterocycles. The molecule has 5 N–H and O–H groups in total. The molecule has 1 aliphatic carbocycles.